The van der Waals surface area contributed by atoms with Gasteiger partial charge in [0.05, 0.1) is 5.56 Å². The monoisotopic (exact) mass is 404 g/mol. The fourth-order valence-electron chi connectivity index (χ4n) is 2.99. The molecule has 0 amide bonds. The lowest BCUT2D eigenvalue weighted by atomic mass is 10.1. The number of Topliss-reactive ketones (excluding diaryl/α,β-unsaturated/α-hetero) is 1. The zero-order valence-electron chi connectivity index (χ0n) is 15.8. The molecule has 0 unspecified atom stereocenters. The van der Waals surface area contributed by atoms with E-state index < -0.39 is 24.2 Å². The molecule has 0 aliphatic rings. The number of ether oxygens (including phenoxy) is 2. The molecule has 0 atom stereocenters. The Morgan fingerprint density at radius 1 is 0.867 bits per heavy atom. The highest BCUT2D eigenvalue weighted by Crippen LogP contribution is 2.28. The summed E-state index contributed by atoms with van der Waals surface area (Å²) in [6, 6.07) is 21.4. The molecule has 5 nitrogen and oxygen atoms in total. The van der Waals surface area contributed by atoms with Crippen molar-refractivity contribution in [1.82, 2.24) is 0 Å². The number of furan rings is 1. The number of carbonyl (C=O) groups excluding carboxylic acids is 2. The van der Waals surface area contributed by atoms with Crippen molar-refractivity contribution in [2.75, 3.05) is 6.61 Å². The van der Waals surface area contributed by atoms with Gasteiger partial charge in [-0.1, -0.05) is 36.4 Å². The SMILES string of the molecule is O=C(COC(=O)c1oc2ccccc2c1COc1ccccc1)c1ccc(F)cc1. The Kier molecular flexibility index (Phi) is 5.57. The van der Waals surface area contributed by atoms with Gasteiger partial charge in [-0.05, 0) is 42.5 Å². The summed E-state index contributed by atoms with van der Waals surface area (Å²) >= 11 is 0. The fraction of sp³-hybridized carbons (Fsp3) is 0.0833. The zero-order valence-corrected chi connectivity index (χ0v) is 15.8. The van der Waals surface area contributed by atoms with Crippen LogP contribution in [0, 0.1) is 5.82 Å². The van der Waals surface area contributed by atoms with Crippen LogP contribution in [0.2, 0.25) is 0 Å². The summed E-state index contributed by atoms with van der Waals surface area (Å²) in [4.78, 5) is 24.9. The molecule has 0 spiro atoms. The van der Waals surface area contributed by atoms with Gasteiger partial charge in [0, 0.05) is 10.9 Å². The molecule has 0 saturated heterocycles. The van der Waals surface area contributed by atoms with E-state index >= 15 is 0 Å². The first-order chi connectivity index (χ1) is 14.6. The minimum absolute atomic E-state index is 0.0148. The molecule has 1 heterocycles. The van der Waals surface area contributed by atoms with Crippen LogP contribution in [-0.4, -0.2) is 18.4 Å². The molecule has 0 bridgehead atoms. The summed E-state index contributed by atoms with van der Waals surface area (Å²) in [6.07, 6.45) is 0. The molecule has 1 aromatic heterocycles. The van der Waals surface area contributed by atoms with Crippen LogP contribution in [0.4, 0.5) is 4.39 Å². The lowest BCUT2D eigenvalue weighted by molar-refractivity contribution is 0.0443. The highest BCUT2D eigenvalue weighted by Gasteiger charge is 2.23. The minimum Gasteiger partial charge on any atom is -0.489 e. The topological polar surface area (TPSA) is 65.7 Å². The van der Waals surface area contributed by atoms with Crippen LogP contribution in [-0.2, 0) is 11.3 Å². The van der Waals surface area contributed by atoms with Crippen LogP contribution in [0.15, 0.2) is 83.3 Å². The predicted octanol–water partition coefficient (Wildman–Crippen LogP) is 5.19. The minimum atomic E-state index is -0.770. The molecular formula is C24H17FO5. The van der Waals surface area contributed by atoms with Crippen LogP contribution < -0.4 is 4.74 Å². The Morgan fingerprint density at radius 2 is 1.57 bits per heavy atom. The van der Waals surface area contributed by atoms with Crippen molar-refractivity contribution >= 4 is 22.7 Å². The highest BCUT2D eigenvalue weighted by molar-refractivity contribution is 6.00. The molecule has 4 aromatic rings. The number of rotatable bonds is 7. The molecule has 0 aliphatic carbocycles. The molecule has 0 N–H and O–H groups in total. The zero-order chi connectivity index (χ0) is 20.9. The van der Waals surface area contributed by atoms with E-state index in [1.807, 2.05) is 42.5 Å². The van der Waals surface area contributed by atoms with E-state index in [2.05, 4.69) is 0 Å². The lowest BCUT2D eigenvalue weighted by Crippen LogP contribution is -2.15. The Hall–Kier alpha value is -3.93. The van der Waals surface area contributed by atoms with Crippen molar-refractivity contribution in [2.24, 2.45) is 0 Å². The van der Waals surface area contributed by atoms with Gasteiger partial charge in [-0.3, -0.25) is 4.79 Å². The second-order valence-electron chi connectivity index (χ2n) is 6.51. The molecule has 0 fully saturated rings. The molecule has 150 valence electrons. The average Bonchev–Trinajstić information content (AvgIpc) is 3.16. The number of hydrogen-bond donors (Lipinski definition) is 0. The van der Waals surface area contributed by atoms with Crippen LogP contribution in [0.3, 0.4) is 0 Å². The second kappa shape index (κ2) is 8.61. The third-order valence-electron chi connectivity index (χ3n) is 4.51. The Morgan fingerprint density at radius 3 is 2.33 bits per heavy atom. The first-order valence-electron chi connectivity index (χ1n) is 9.26. The number of carbonyl (C=O) groups is 2. The number of fused-ring (bicyclic) bond motifs is 1. The van der Waals surface area contributed by atoms with Gasteiger partial charge in [0.1, 0.15) is 23.8 Å². The average molecular weight is 404 g/mol. The van der Waals surface area contributed by atoms with Crippen LogP contribution in [0.5, 0.6) is 5.75 Å². The summed E-state index contributed by atoms with van der Waals surface area (Å²) < 4.78 is 29.6. The number of halogens is 1. The Bertz CT molecular complexity index is 1180. The van der Waals surface area contributed by atoms with Crippen molar-refractivity contribution in [3.05, 3.63) is 102 Å². The van der Waals surface area contributed by atoms with Gasteiger partial charge in [-0.15, -0.1) is 0 Å². The van der Waals surface area contributed by atoms with Gasteiger partial charge in [0.2, 0.25) is 5.76 Å². The van der Waals surface area contributed by atoms with E-state index in [0.29, 0.717) is 16.9 Å². The number of esters is 1. The highest BCUT2D eigenvalue weighted by atomic mass is 19.1. The summed E-state index contributed by atoms with van der Waals surface area (Å²) in [5.74, 6) is -1.03. The molecule has 6 heteroatoms. The molecule has 3 aromatic carbocycles. The van der Waals surface area contributed by atoms with Gasteiger partial charge in [0.15, 0.2) is 12.4 Å². The third kappa shape index (κ3) is 4.22. The number of hydrogen-bond acceptors (Lipinski definition) is 5. The standard InChI is InChI=1S/C24H17FO5/c25-17-12-10-16(11-13-17)21(26)15-29-24(27)23-20(14-28-18-6-2-1-3-7-18)19-8-4-5-9-22(19)30-23/h1-13H,14-15H2. The number of benzene rings is 3. The Balaban J connectivity index is 1.52. The maximum absolute atomic E-state index is 13.0. The van der Waals surface area contributed by atoms with Crippen molar-refractivity contribution in [3.8, 4) is 5.75 Å². The van der Waals surface area contributed by atoms with Gasteiger partial charge in [-0.2, -0.15) is 0 Å². The molecule has 30 heavy (non-hydrogen) atoms. The molecule has 0 saturated carbocycles. The van der Waals surface area contributed by atoms with Gasteiger partial charge < -0.3 is 13.9 Å². The van der Waals surface area contributed by atoms with Crippen LogP contribution in [0.25, 0.3) is 11.0 Å². The van der Waals surface area contributed by atoms with Gasteiger partial charge >= 0.3 is 5.97 Å². The number of ketones is 1. The first-order valence-corrected chi connectivity index (χ1v) is 9.26. The molecule has 0 radical (unpaired) electrons. The van der Waals surface area contributed by atoms with E-state index in [1.165, 1.54) is 24.3 Å². The second-order valence-corrected chi connectivity index (χ2v) is 6.51. The largest absolute Gasteiger partial charge is 0.489 e. The van der Waals surface area contributed by atoms with Crippen molar-refractivity contribution in [1.29, 1.82) is 0 Å². The summed E-state index contributed by atoms with van der Waals surface area (Å²) in [6.45, 7) is -0.391. The van der Waals surface area contributed by atoms with Crippen LogP contribution in [0.1, 0.15) is 26.5 Å². The quantitative estimate of drug-likeness (QED) is 0.313. The predicted molar refractivity (Wildman–Crippen MR) is 108 cm³/mol. The normalized spacial score (nSPS) is 10.7. The van der Waals surface area contributed by atoms with Crippen molar-refractivity contribution in [3.63, 3.8) is 0 Å². The Labute approximate surface area is 171 Å². The smallest absolute Gasteiger partial charge is 0.375 e. The van der Waals surface area contributed by atoms with Gasteiger partial charge in [-0.25, -0.2) is 9.18 Å². The van der Waals surface area contributed by atoms with Crippen molar-refractivity contribution in [2.45, 2.75) is 6.61 Å². The van der Waals surface area contributed by atoms with Crippen molar-refractivity contribution < 1.29 is 27.9 Å². The molecular weight excluding hydrogens is 387 g/mol. The van der Waals surface area contributed by atoms with E-state index in [1.54, 1.807) is 12.1 Å². The first kappa shape index (κ1) is 19.4. The van der Waals surface area contributed by atoms with E-state index in [9.17, 15) is 14.0 Å². The summed E-state index contributed by atoms with van der Waals surface area (Å²) in [5.41, 5.74) is 1.30. The van der Waals surface area contributed by atoms with Gasteiger partial charge in [0.25, 0.3) is 0 Å². The van der Waals surface area contributed by atoms with E-state index in [-0.39, 0.29) is 17.9 Å². The third-order valence-corrected chi connectivity index (χ3v) is 4.51. The maximum Gasteiger partial charge on any atom is 0.375 e. The van der Waals surface area contributed by atoms with E-state index in [0.717, 1.165) is 5.39 Å². The maximum atomic E-state index is 13.0. The fourth-order valence-corrected chi connectivity index (χ4v) is 2.99. The molecule has 0 aliphatic heterocycles. The van der Waals surface area contributed by atoms with E-state index in [4.69, 9.17) is 13.9 Å². The lowest BCUT2D eigenvalue weighted by Gasteiger charge is -2.07. The van der Waals surface area contributed by atoms with Crippen LogP contribution >= 0.6 is 0 Å². The number of para-hydroxylation sites is 2. The summed E-state index contributed by atoms with van der Waals surface area (Å²) in [5, 5.41) is 0.727. The molecule has 4 rings (SSSR count). The summed E-state index contributed by atoms with van der Waals surface area (Å²) in [7, 11) is 0.